The van der Waals surface area contributed by atoms with Crippen molar-refractivity contribution in [3.63, 3.8) is 0 Å². The predicted octanol–water partition coefficient (Wildman–Crippen LogP) is 3.30. The van der Waals surface area contributed by atoms with Gasteiger partial charge in [-0.1, -0.05) is 12.8 Å². The van der Waals surface area contributed by atoms with E-state index in [0.29, 0.717) is 5.92 Å². The fourth-order valence-corrected chi connectivity index (χ4v) is 5.20. The number of amides is 1. The van der Waals surface area contributed by atoms with Crippen LogP contribution in [0.4, 0.5) is 0 Å². The number of hydrogen-bond donors (Lipinski definition) is 0. The van der Waals surface area contributed by atoms with Gasteiger partial charge in [0.1, 0.15) is 5.69 Å². The number of likely N-dealkylation sites (tertiary alicyclic amines) is 1. The first-order valence-corrected chi connectivity index (χ1v) is 11.0. The fraction of sp³-hybridized carbons (Fsp3) is 0.773. The van der Waals surface area contributed by atoms with Gasteiger partial charge >= 0.3 is 0 Å². The van der Waals surface area contributed by atoms with Crippen LogP contribution in [0.3, 0.4) is 0 Å². The molecule has 0 spiro atoms. The van der Waals surface area contributed by atoms with Crippen LogP contribution in [-0.2, 0) is 11.8 Å². The third-order valence-electron chi connectivity index (χ3n) is 6.87. The van der Waals surface area contributed by atoms with Gasteiger partial charge < -0.3 is 19.1 Å². The third kappa shape index (κ3) is 4.57. The second kappa shape index (κ2) is 8.78. The lowest BCUT2D eigenvalue weighted by atomic mass is 9.94. The summed E-state index contributed by atoms with van der Waals surface area (Å²) in [6.45, 7) is 4.88. The van der Waals surface area contributed by atoms with Crippen molar-refractivity contribution in [3.8, 4) is 0 Å². The number of aryl methyl sites for hydroxylation is 1. The molecule has 1 amide bonds. The van der Waals surface area contributed by atoms with Gasteiger partial charge in [0.25, 0.3) is 5.91 Å². The number of nitrogens with zero attached hydrogens (tertiary/aromatic N) is 3. The number of hydrogen-bond acceptors (Lipinski definition) is 3. The van der Waals surface area contributed by atoms with Crippen LogP contribution in [0, 0.1) is 5.92 Å². The molecular weight excluding hydrogens is 338 g/mol. The van der Waals surface area contributed by atoms with Crippen molar-refractivity contribution in [2.24, 2.45) is 13.0 Å². The van der Waals surface area contributed by atoms with E-state index in [1.54, 1.807) is 0 Å². The molecule has 0 N–H and O–H groups in total. The van der Waals surface area contributed by atoms with Gasteiger partial charge in [0.15, 0.2) is 0 Å². The molecule has 2 aliphatic heterocycles. The number of ether oxygens (including phenoxy) is 1. The lowest BCUT2D eigenvalue weighted by Crippen LogP contribution is -2.45. The Kier molecular flexibility index (Phi) is 6.18. The van der Waals surface area contributed by atoms with Crippen LogP contribution >= 0.6 is 0 Å². The molecule has 2 saturated heterocycles. The van der Waals surface area contributed by atoms with E-state index in [1.807, 2.05) is 29.9 Å². The van der Waals surface area contributed by atoms with E-state index in [2.05, 4.69) is 9.80 Å². The molecule has 1 unspecified atom stereocenters. The molecule has 1 aromatic rings. The van der Waals surface area contributed by atoms with Crippen LogP contribution in [0.25, 0.3) is 0 Å². The quantitative estimate of drug-likeness (QED) is 0.768. The van der Waals surface area contributed by atoms with Crippen molar-refractivity contribution >= 4 is 5.91 Å². The molecule has 4 rings (SSSR count). The van der Waals surface area contributed by atoms with Crippen molar-refractivity contribution in [2.75, 3.05) is 32.8 Å². The van der Waals surface area contributed by atoms with Gasteiger partial charge in [-0.2, -0.15) is 0 Å². The highest BCUT2D eigenvalue weighted by atomic mass is 16.5. The fourth-order valence-electron chi connectivity index (χ4n) is 5.20. The summed E-state index contributed by atoms with van der Waals surface area (Å²) in [7, 11) is 1.96. The minimum absolute atomic E-state index is 0.163. The number of aromatic nitrogens is 1. The number of carbonyl (C=O) groups is 1. The highest BCUT2D eigenvalue weighted by Gasteiger charge is 2.31. The number of carbonyl (C=O) groups excluding carboxylic acids is 1. The van der Waals surface area contributed by atoms with E-state index in [1.165, 1.54) is 51.6 Å². The van der Waals surface area contributed by atoms with Crippen LogP contribution in [0.1, 0.15) is 61.9 Å². The van der Waals surface area contributed by atoms with E-state index in [9.17, 15) is 4.79 Å². The zero-order valence-electron chi connectivity index (χ0n) is 16.8. The maximum Gasteiger partial charge on any atom is 0.270 e. The highest BCUT2D eigenvalue weighted by molar-refractivity contribution is 5.92. The van der Waals surface area contributed by atoms with Gasteiger partial charge in [-0.25, -0.2) is 0 Å². The molecule has 1 aliphatic carbocycles. The van der Waals surface area contributed by atoms with E-state index in [4.69, 9.17) is 4.74 Å². The number of piperidine rings is 1. The van der Waals surface area contributed by atoms with Gasteiger partial charge in [-0.3, -0.25) is 4.79 Å². The van der Waals surface area contributed by atoms with E-state index in [0.717, 1.165) is 44.3 Å². The molecular formula is C22H35N3O2. The molecule has 3 heterocycles. The Morgan fingerprint density at radius 2 is 1.89 bits per heavy atom. The van der Waals surface area contributed by atoms with Crippen molar-refractivity contribution in [1.29, 1.82) is 0 Å². The predicted molar refractivity (Wildman–Crippen MR) is 107 cm³/mol. The second-order valence-electron chi connectivity index (χ2n) is 8.77. The molecule has 3 aliphatic rings. The first kappa shape index (κ1) is 19.0. The summed E-state index contributed by atoms with van der Waals surface area (Å²) in [4.78, 5) is 18.0. The molecule has 1 saturated carbocycles. The van der Waals surface area contributed by atoms with Crippen LogP contribution < -0.4 is 0 Å². The van der Waals surface area contributed by atoms with Gasteiger partial charge in [-0.15, -0.1) is 0 Å². The summed E-state index contributed by atoms with van der Waals surface area (Å²) in [5.74, 6) is 0.782. The third-order valence-corrected chi connectivity index (χ3v) is 6.87. The molecule has 5 heteroatoms. The summed E-state index contributed by atoms with van der Waals surface area (Å²) < 4.78 is 7.78. The minimum Gasteiger partial charge on any atom is -0.376 e. The van der Waals surface area contributed by atoms with Gasteiger partial charge in [-0.05, 0) is 69.7 Å². The molecule has 27 heavy (non-hydrogen) atoms. The smallest absolute Gasteiger partial charge is 0.270 e. The molecule has 0 bridgehead atoms. The Bertz CT molecular complexity index is 609. The highest BCUT2D eigenvalue weighted by Crippen LogP contribution is 2.28. The minimum atomic E-state index is 0.163. The number of rotatable bonds is 6. The van der Waals surface area contributed by atoms with Crippen LogP contribution in [0.5, 0.6) is 0 Å². The van der Waals surface area contributed by atoms with E-state index in [-0.39, 0.29) is 12.0 Å². The first-order chi connectivity index (χ1) is 13.2. The standard InChI is InChI=1S/C22H35N3O2/c1-23-12-4-9-21(23)22(26)25(17-20-8-5-15-27-20)16-18-10-13-24(14-11-18)19-6-2-3-7-19/h4,9,12,18-20H,2-3,5-8,10-11,13-17H2,1H3. The monoisotopic (exact) mass is 373 g/mol. The van der Waals surface area contributed by atoms with Crippen molar-refractivity contribution in [1.82, 2.24) is 14.4 Å². The summed E-state index contributed by atoms with van der Waals surface area (Å²) >= 11 is 0. The molecule has 1 atom stereocenters. The Morgan fingerprint density at radius 3 is 2.52 bits per heavy atom. The average Bonchev–Trinajstić information content (AvgIpc) is 3.44. The molecule has 5 nitrogen and oxygen atoms in total. The van der Waals surface area contributed by atoms with Crippen LogP contribution in [0.2, 0.25) is 0 Å². The van der Waals surface area contributed by atoms with Crippen molar-refractivity contribution in [2.45, 2.75) is 63.5 Å². The largest absolute Gasteiger partial charge is 0.376 e. The summed E-state index contributed by atoms with van der Waals surface area (Å²) in [5.41, 5.74) is 0.788. The zero-order chi connectivity index (χ0) is 18.6. The summed E-state index contributed by atoms with van der Waals surface area (Å²) in [6, 6.07) is 4.73. The van der Waals surface area contributed by atoms with Crippen LogP contribution in [0.15, 0.2) is 18.3 Å². The maximum absolute atomic E-state index is 13.2. The Balaban J connectivity index is 1.37. The molecule has 0 radical (unpaired) electrons. The topological polar surface area (TPSA) is 37.7 Å². The Labute approximate surface area is 163 Å². The summed E-state index contributed by atoms with van der Waals surface area (Å²) in [5, 5.41) is 0. The second-order valence-corrected chi connectivity index (χ2v) is 8.77. The normalized spacial score (nSPS) is 25.3. The Morgan fingerprint density at radius 1 is 1.11 bits per heavy atom. The zero-order valence-corrected chi connectivity index (χ0v) is 16.8. The lowest BCUT2D eigenvalue weighted by Gasteiger charge is -2.38. The molecule has 3 fully saturated rings. The van der Waals surface area contributed by atoms with E-state index >= 15 is 0 Å². The lowest BCUT2D eigenvalue weighted by molar-refractivity contribution is 0.0422. The maximum atomic E-state index is 13.2. The first-order valence-electron chi connectivity index (χ1n) is 11.0. The summed E-state index contributed by atoms with van der Waals surface area (Å²) in [6.07, 6.45) is 12.4. The molecule has 1 aromatic heterocycles. The van der Waals surface area contributed by atoms with Crippen molar-refractivity contribution in [3.05, 3.63) is 24.0 Å². The average molecular weight is 374 g/mol. The van der Waals surface area contributed by atoms with E-state index < -0.39 is 0 Å². The van der Waals surface area contributed by atoms with Gasteiger partial charge in [0.2, 0.25) is 0 Å². The van der Waals surface area contributed by atoms with Gasteiger partial charge in [0, 0.05) is 39.0 Å². The van der Waals surface area contributed by atoms with Crippen LogP contribution in [-0.4, -0.2) is 65.2 Å². The van der Waals surface area contributed by atoms with Crippen molar-refractivity contribution < 1.29 is 9.53 Å². The SMILES string of the molecule is Cn1cccc1C(=O)N(CC1CCN(C2CCCC2)CC1)CC1CCCO1. The molecule has 150 valence electrons. The van der Waals surface area contributed by atoms with Gasteiger partial charge in [0.05, 0.1) is 6.10 Å². The Hall–Kier alpha value is -1.33. The molecule has 0 aromatic carbocycles.